The summed E-state index contributed by atoms with van der Waals surface area (Å²) >= 11 is 3.15. The molecule has 0 bridgehead atoms. The number of carbonyl (C=O) groups is 1. The second-order valence-electron chi connectivity index (χ2n) is 7.54. The molecular formula is C20H21BrF5N3O3. The quantitative estimate of drug-likeness (QED) is 0.473. The highest BCUT2D eigenvalue weighted by Gasteiger charge is 2.40. The van der Waals surface area contributed by atoms with Crippen molar-refractivity contribution in [2.75, 3.05) is 6.61 Å². The van der Waals surface area contributed by atoms with E-state index in [-0.39, 0.29) is 27.7 Å². The molecular weight excluding hydrogens is 505 g/mol. The van der Waals surface area contributed by atoms with E-state index in [9.17, 15) is 26.7 Å². The number of carbonyl (C=O) groups excluding carboxylic acids is 1. The maximum absolute atomic E-state index is 12.8. The first-order valence-electron chi connectivity index (χ1n) is 9.85. The highest BCUT2D eigenvalue weighted by molar-refractivity contribution is 9.10. The van der Waals surface area contributed by atoms with Gasteiger partial charge < -0.3 is 20.5 Å². The molecule has 6 nitrogen and oxygen atoms in total. The number of hydrogen-bond donors (Lipinski definition) is 3. The molecule has 176 valence electrons. The number of alkyl halides is 5. The third-order valence-electron chi connectivity index (χ3n) is 5.29. The number of pyridine rings is 1. The van der Waals surface area contributed by atoms with Crippen LogP contribution in [0.5, 0.6) is 5.75 Å². The number of halogens is 6. The molecule has 0 spiro atoms. The van der Waals surface area contributed by atoms with Crippen molar-refractivity contribution in [1.82, 2.24) is 15.6 Å². The van der Waals surface area contributed by atoms with E-state index in [2.05, 4.69) is 36.3 Å². The van der Waals surface area contributed by atoms with E-state index >= 15 is 0 Å². The Morgan fingerprint density at radius 2 is 1.84 bits per heavy atom. The van der Waals surface area contributed by atoms with Crippen LogP contribution in [0.15, 0.2) is 28.9 Å². The van der Waals surface area contributed by atoms with Crippen LogP contribution >= 0.6 is 15.9 Å². The monoisotopic (exact) mass is 525 g/mol. The number of nitrogens with one attached hydrogen (secondary N) is 2. The summed E-state index contributed by atoms with van der Waals surface area (Å²) in [6.07, 6.45) is -1.38. The number of ether oxygens (including phenoxy) is 1. The third kappa shape index (κ3) is 6.26. The number of fused-ring (bicyclic) bond motifs is 1. The Balaban J connectivity index is 1.59. The SMILES string of the molecule is O=C(N[C@H]1CC[C@H](N[C@@H](CO)C(F)(F)F)CC1)c1cnc2cc(OC(F)F)c(Br)cc2c1. The first-order chi connectivity index (χ1) is 15.1. The predicted molar refractivity (Wildman–Crippen MR) is 110 cm³/mol. The van der Waals surface area contributed by atoms with Crippen LogP contribution in [0.3, 0.4) is 0 Å². The summed E-state index contributed by atoms with van der Waals surface area (Å²) < 4.78 is 68.0. The van der Waals surface area contributed by atoms with Crippen LogP contribution in [-0.4, -0.2) is 53.5 Å². The van der Waals surface area contributed by atoms with Gasteiger partial charge in [0.1, 0.15) is 11.8 Å². The number of aliphatic hydroxyl groups is 1. The number of benzene rings is 1. The largest absolute Gasteiger partial charge is 0.434 e. The summed E-state index contributed by atoms with van der Waals surface area (Å²) in [5.41, 5.74) is 0.639. The molecule has 0 saturated heterocycles. The van der Waals surface area contributed by atoms with Gasteiger partial charge in [0, 0.05) is 29.7 Å². The van der Waals surface area contributed by atoms with Crippen LogP contribution in [0.4, 0.5) is 22.0 Å². The maximum atomic E-state index is 12.8. The Morgan fingerprint density at radius 3 is 2.44 bits per heavy atom. The van der Waals surface area contributed by atoms with Gasteiger partial charge in [0.05, 0.1) is 22.2 Å². The van der Waals surface area contributed by atoms with Crippen LogP contribution < -0.4 is 15.4 Å². The summed E-state index contributed by atoms with van der Waals surface area (Å²) in [6.45, 7) is -4.01. The van der Waals surface area contributed by atoms with Gasteiger partial charge in [-0.2, -0.15) is 22.0 Å². The van der Waals surface area contributed by atoms with Crippen LogP contribution in [0.25, 0.3) is 10.9 Å². The number of rotatable bonds is 7. The Bertz CT molecular complexity index is 952. The van der Waals surface area contributed by atoms with E-state index in [1.165, 1.54) is 18.3 Å². The predicted octanol–water partition coefficient (Wildman–Crippen LogP) is 4.15. The number of hydrogen-bond acceptors (Lipinski definition) is 5. The zero-order valence-corrected chi connectivity index (χ0v) is 18.2. The highest BCUT2D eigenvalue weighted by atomic mass is 79.9. The summed E-state index contributed by atoms with van der Waals surface area (Å²) in [5, 5.41) is 14.8. The van der Waals surface area contributed by atoms with Crippen LogP contribution in [0.1, 0.15) is 36.0 Å². The van der Waals surface area contributed by atoms with Crippen molar-refractivity contribution in [2.24, 2.45) is 0 Å². The van der Waals surface area contributed by atoms with Crippen molar-refractivity contribution in [2.45, 2.75) is 56.6 Å². The Labute approximate surface area is 188 Å². The topological polar surface area (TPSA) is 83.5 Å². The average Bonchev–Trinajstić information content (AvgIpc) is 2.72. The lowest BCUT2D eigenvalue weighted by Gasteiger charge is -2.32. The van der Waals surface area contributed by atoms with Crippen molar-refractivity contribution in [3.8, 4) is 5.75 Å². The van der Waals surface area contributed by atoms with Crippen molar-refractivity contribution in [1.29, 1.82) is 0 Å². The fourth-order valence-corrected chi connectivity index (χ4v) is 4.10. The van der Waals surface area contributed by atoms with Crippen LogP contribution in [0, 0.1) is 0 Å². The Morgan fingerprint density at radius 1 is 1.19 bits per heavy atom. The second-order valence-corrected chi connectivity index (χ2v) is 8.40. The molecule has 1 amide bonds. The van der Waals surface area contributed by atoms with Gasteiger partial charge in [-0.05, 0) is 53.7 Å². The molecule has 0 aliphatic heterocycles. The van der Waals surface area contributed by atoms with Crippen molar-refractivity contribution in [3.05, 3.63) is 34.4 Å². The standard InChI is InChI=1S/C20H21BrF5N3O3/c21-14-6-10-5-11(8-27-15(10)7-16(14)32-19(22)23)18(31)29-13-3-1-12(2-4-13)28-17(9-30)20(24,25)26/h5-8,12-13,17,19,28,30H,1-4,9H2,(H,29,31)/t12-,13-,17-/m0/s1. The molecule has 1 aromatic heterocycles. The second kappa shape index (κ2) is 10.3. The van der Waals surface area contributed by atoms with Gasteiger partial charge in [-0.3, -0.25) is 9.78 Å². The summed E-state index contributed by atoms with van der Waals surface area (Å²) in [5.74, 6) is -0.458. The maximum Gasteiger partial charge on any atom is 0.406 e. The molecule has 32 heavy (non-hydrogen) atoms. The normalized spacial score (nSPS) is 20.4. The minimum absolute atomic E-state index is 0.0727. The molecule has 3 N–H and O–H groups in total. The van der Waals surface area contributed by atoms with Gasteiger partial charge >= 0.3 is 12.8 Å². The fourth-order valence-electron chi connectivity index (χ4n) is 3.65. The van der Waals surface area contributed by atoms with Gasteiger partial charge in [0.25, 0.3) is 5.91 Å². The van der Waals surface area contributed by atoms with E-state index in [4.69, 9.17) is 5.11 Å². The van der Waals surface area contributed by atoms with E-state index in [1.807, 2.05) is 0 Å². The molecule has 1 atom stereocenters. The van der Waals surface area contributed by atoms with E-state index < -0.39 is 31.5 Å². The van der Waals surface area contributed by atoms with Gasteiger partial charge in [0.2, 0.25) is 0 Å². The van der Waals surface area contributed by atoms with Crippen molar-refractivity contribution >= 4 is 32.7 Å². The van der Waals surface area contributed by atoms with Gasteiger partial charge in [-0.1, -0.05) is 0 Å². The highest BCUT2D eigenvalue weighted by Crippen LogP contribution is 2.31. The zero-order chi connectivity index (χ0) is 23.5. The molecule has 1 aromatic carbocycles. The van der Waals surface area contributed by atoms with E-state index in [1.54, 1.807) is 6.07 Å². The molecule has 1 aliphatic rings. The lowest BCUT2D eigenvalue weighted by atomic mass is 9.90. The Hall–Kier alpha value is -2.05. The van der Waals surface area contributed by atoms with Gasteiger partial charge in [0.15, 0.2) is 0 Å². The van der Waals surface area contributed by atoms with E-state index in [0.717, 1.165) is 0 Å². The fraction of sp³-hybridized carbons (Fsp3) is 0.500. The minimum atomic E-state index is -4.52. The lowest BCUT2D eigenvalue weighted by Crippen LogP contribution is -2.51. The first-order valence-corrected chi connectivity index (χ1v) is 10.6. The van der Waals surface area contributed by atoms with Gasteiger partial charge in [-0.15, -0.1) is 0 Å². The minimum Gasteiger partial charge on any atom is -0.434 e. The molecule has 0 radical (unpaired) electrons. The number of nitrogens with zero attached hydrogens (tertiary/aromatic N) is 1. The summed E-state index contributed by atoms with van der Waals surface area (Å²) in [7, 11) is 0. The van der Waals surface area contributed by atoms with Gasteiger partial charge in [-0.25, -0.2) is 0 Å². The lowest BCUT2D eigenvalue weighted by molar-refractivity contribution is -0.166. The third-order valence-corrected chi connectivity index (χ3v) is 5.91. The summed E-state index contributed by atoms with van der Waals surface area (Å²) in [6, 6.07) is 1.85. The molecule has 12 heteroatoms. The number of aliphatic hydroxyl groups excluding tert-OH is 1. The number of amides is 1. The smallest absolute Gasteiger partial charge is 0.406 e. The molecule has 3 rings (SSSR count). The van der Waals surface area contributed by atoms with Crippen LogP contribution in [0.2, 0.25) is 0 Å². The van der Waals surface area contributed by atoms with Crippen LogP contribution in [-0.2, 0) is 0 Å². The molecule has 1 saturated carbocycles. The molecule has 0 unspecified atom stereocenters. The average molecular weight is 526 g/mol. The van der Waals surface area contributed by atoms with Crippen molar-refractivity contribution < 1.29 is 36.6 Å². The Kier molecular flexibility index (Phi) is 7.88. The molecule has 1 heterocycles. The molecule has 1 fully saturated rings. The summed E-state index contributed by atoms with van der Waals surface area (Å²) in [4.78, 5) is 16.7. The molecule has 2 aromatic rings. The van der Waals surface area contributed by atoms with Crippen molar-refractivity contribution in [3.63, 3.8) is 0 Å². The first kappa shape index (κ1) is 24.6. The zero-order valence-electron chi connectivity index (χ0n) is 16.6. The molecule has 1 aliphatic carbocycles. The van der Waals surface area contributed by atoms with E-state index in [0.29, 0.717) is 36.6 Å². The number of aromatic nitrogens is 1.